The number of esters is 1. The number of hydrogen-bond acceptors (Lipinski definition) is 6. The Morgan fingerprint density at radius 1 is 0.912 bits per heavy atom. The van der Waals surface area contributed by atoms with Crippen molar-refractivity contribution < 1.29 is 23.5 Å². The van der Waals surface area contributed by atoms with E-state index in [1.165, 1.54) is 7.11 Å². The number of amides is 1. The van der Waals surface area contributed by atoms with Crippen LogP contribution in [-0.4, -0.2) is 25.0 Å². The zero-order chi connectivity index (χ0) is 23.9. The van der Waals surface area contributed by atoms with Crippen LogP contribution in [0.2, 0.25) is 0 Å². The summed E-state index contributed by atoms with van der Waals surface area (Å²) in [5.74, 6) is -0.652. The van der Waals surface area contributed by atoms with E-state index in [1.807, 2.05) is 42.5 Å². The van der Waals surface area contributed by atoms with Gasteiger partial charge in [-0.15, -0.1) is 0 Å². The Balaban J connectivity index is 1.45. The van der Waals surface area contributed by atoms with E-state index >= 15 is 0 Å². The molecule has 1 aromatic heterocycles. The molecule has 1 amide bonds. The quantitative estimate of drug-likeness (QED) is 0.404. The van der Waals surface area contributed by atoms with Crippen molar-refractivity contribution >= 4 is 22.8 Å². The van der Waals surface area contributed by atoms with Gasteiger partial charge in [0.1, 0.15) is 35.8 Å². The van der Waals surface area contributed by atoms with Crippen LogP contribution in [0.3, 0.4) is 0 Å². The largest absolute Gasteiger partial charge is 0.489 e. The lowest BCUT2D eigenvalue weighted by molar-refractivity contribution is -0.142. The smallest absolute Gasteiger partial charge is 0.328 e. The Kier molecular flexibility index (Phi) is 7.03. The standard InChI is InChI=1S/C27H23NO6/c1-32-27(31)23(28-26(30)22-17-34-24-10-6-5-9-21(24)25(22)29)15-18-11-13-20(14-12-18)33-16-19-7-3-2-4-8-19/h2-14,17,23H,15-16H2,1H3,(H,28,30)/t23-/m0/s1. The first-order valence-corrected chi connectivity index (χ1v) is 10.7. The maximum atomic E-state index is 12.8. The van der Waals surface area contributed by atoms with E-state index in [-0.39, 0.29) is 17.4 Å². The number of para-hydroxylation sites is 1. The van der Waals surface area contributed by atoms with Crippen LogP contribution >= 0.6 is 0 Å². The molecular weight excluding hydrogens is 434 g/mol. The SMILES string of the molecule is COC(=O)[C@H](Cc1ccc(OCc2ccccc2)cc1)NC(=O)c1coc2ccccc2c1=O. The predicted molar refractivity (Wildman–Crippen MR) is 127 cm³/mol. The normalized spacial score (nSPS) is 11.6. The molecule has 0 saturated carbocycles. The van der Waals surface area contributed by atoms with Crippen LogP contribution in [0, 0.1) is 0 Å². The molecule has 172 valence electrons. The van der Waals surface area contributed by atoms with Gasteiger partial charge in [-0.25, -0.2) is 4.79 Å². The second kappa shape index (κ2) is 10.5. The summed E-state index contributed by atoms with van der Waals surface area (Å²) in [6.07, 6.45) is 1.28. The minimum absolute atomic E-state index is 0.177. The number of methoxy groups -OCH3 is 1. The summed E-state index contributed by atoms with van der Waals surface area (Å²) < 4.78 is 16.0. The number of carbonyl (C=O) groups excluding carboxylic acids is 2. The predicted octanol–water partition coefficient (Wildman–Crippen LogP) is 3.89. The highest BCUT2D eigenvalue weighted by Crippen LogP contribution is 2.16. The summed E-state index contributed by atoms with van der Waals surface area (Å²) in [7, 11) is 1.24. The van der Waals surface area contributed by atoms with E-state index in [1.54, 1.807) is 36.4 Å². The van der Waals surface area contributed by atoms with Gasteiger partial charge in [0.05, 0.1) is 12.5 Å². The molecule has 1 N–H and O–H groups in total. The molecule has 1 heterocycles. The maximum Gasteiger partial charge on any atom is 0.328 e. The number of carbonyl (C=O) groups is 2. The minimum atomic E-state index is -0.987. The molecule has 0 bridgehead atoms. The fourth-order valence-electron chi connectivity index (χ4n) is 3.50. The maximum absolute atomic E-state index is 12.8. The average molecular weight is 457 g/mol. The molecule has 0 saturated heterocycles. The molecule has 7 nitrogen and oxygen atoms in total. The summed E-state index contributed by atoms with van der Waals surface area (Å²) in [5, 5.41) is 2.88. The first-order valence-electron chi connectivity index (χ1n) is 10.7. The van der Waals surface area contributed by atoms with Crippen LogP contribution in [0.15, 0.2) is 94.3 Å². The molecular formula is C27H23NO6. The fraction of sp³-hybridized carbons (Fsp3) is 0.148. The highest BCUT2D eigenvalue weighted by molar-refractivity contribution is 5.98. The minimum Gasteiger partial charge on any atom is -0.489 e. The van der Waals surface area contributed by atoms with Gasteiger partial charge in [0.25, 0.3) is 5.91 Å². The molecule has 4 rings (SSSR count). The number of fused-ring (bicyclic) bond motifs is 1. The van der Waals surface area contributed by atoms with Crippen LogP contribution in [0.25, 0.3) is 11.0 Å². The number of nitrogens with one attached hydrogen (secondary N) is 1. The van der Waals surface area contributed by atoms with Gasteiger partial charge in [-0.2, -0.15) is 0 Å². The van der Waals surface area contributed by atoms with E-state index in [0.29, 0.717) is 17.9 Å². The fourth-order valence-corrected chi connectivity index (χ4v) is 3.50. The van der Waals surface area contributed by atoms with Crippen LogP contribution < -0.4 is 15.5 Å². The number of ether oxygens (including phenoxy) is 2. The lowest BCUT2D eigenvalue weighted by Gasteiger charge is -2.17. The Hall–Kier alpha value is -4.39. The molecule has 1 atom stereocenters. The van der Waals surface area contributed by atoms with Crippen molar-refractivity contribution in [2.75, 3.05) is 7.11 Å². The Labute approximate surface area is 195 Å². The van der Waals surface area contributed by atoms with Crippen LogP contribution in [0.5, 0.6) is 5.75 Å². The van der Waals surface area contributed by atoms with Crippen molar-refractivity contribution in [3.63, 3.8) is 0 Å². The van der Waals surface area contributed by atoms with Crippen molar-refractivity contribution in [3.8, 4) is 5.75 Å². The molecule has 0 aliphatic carbocycles. The van der Waals surface area contributed by atoms with Crippen LogP contribution in [0.4, 0.5) is 0 Å². The summed E-state index contributed by atoms with van der Waals surface area (Å²) in [6, 6.07) is 22.7. The highest BCUT2D eigenvalue weighted by atomic mass is 16.5. The van der Waals surface area contributed by atoms with Crippen molar-refractivity contribution in [3.05, 3.63) is 112 Å². The zero-order valence-corrected chi connectivity index (χ0v) is 18.5. The van der Waals surface area contributed by atoms with Gasteiger partial charge in [-0.3, -0.25) is 9.59 Å². The van der Waals surface area contributed by atoms with E-state index in [9.17, 15) is 14.4 Å². The highest BCUT2D eigenvalue weighted by Gasteiger charge is 2.24. The molecule has 0 unspecified atom stereocenters. The lowest BCUT2D eigenvalue weighted by atomic mass is 10.0. The van der Waals surface area contributed by atoms with Crippen molar-refractivity contribution in [2.24, 2.45) is 0 Å². The van der Waals surface area contributed by atoms with Gasteiger partial charge in [-0.1, -0.05) is 54.6 Å². The molecule has 4 aromatic rings. The van der Waals surface area contributed by atoms with Crippen molar-refractivity contribution in [2.45, 2.75) is 19.1 Å². The van der Waals surface area contributed by atoms with Crippen LogP contribution in [0.1, 0.15) is 21.5 Å². The molecule has 0 aliphatic heterocycles. The topological polar surface area (TPSA) is 94.8 Å². The van der Waals surface area contributed by atoms with Gasteiger partial charge in [0, 0.05) is 6.42 Å². The van der Waals surface area contributed by atoms with E-state index in [4.69, 9.17) is 13.9 Å². The van der Waals surface area contributed by atoms with E-state index in [2.05, 4.69) is 5.32 Å². The van der Waals surface area contributed by atoms with Gasteiger partial charge in [0.15, 0.2) is 0 Å². The lowest BCUT2D eigenvalue weighted by Crippen LogP contribution is -2.44. The summed E-state index contributed by atoms with van der Waals surface area (Å²) in [6.45, 7) is 0.440. The zero-order valence-electron chi connectivity index (χ0n) is 18.5. The first-order chi connectivity index (χ1) is 16.5. The summed E-state index contributed by atoms with van der Waals surface area (Å²) in [5.41, 5.74) is 1.56. The first kappa shape index (κ1) is 22.8. The molecule has 34 heavy (non-hydrogen) atoms. The Bertz CT molecular complexity index is 1350. The second-order valence-corrected chi connectivity index (χ2v) is 7.65. The van der Waals surface area contributed by atoms with Gasteiger partial charge in [-0.05, 0) is 35.4 Å². The van der Waals surface area contributed by atoms with Crippen molar-refractivity contribution in [1.82, 2.24) is 5.32 Å². The van der Waals surface area contributed by atoms with E-state index in [0.717, 1.165) is 17.4 Å². The molecule has 0 radical (unpaired) electrons. The average Bonchev–Trinajstić information content (AvgIpc) is 2.88. The molecule has 0 spiro atoms. The summed E-state index contributed by atoms with van der Waals surface area (Å²) >= 11 is 0. The second-order valence-electron chi connectivity index (χ2n) is 7.65. The monoisotopic (exact) mass is 457 g/mol. The number of benzene rings is 3. The Morgan fingerprint density at radius 2 is 1.62 bits per heavy atom. The third kappa shape index (κ3) is 5.32. The third-order valence-electron chi connectivity index (χ3n) is 5.33. The molecule has 0 aliphatic rings. The van der Waals surface area contributed by atoms with Gasteiger partial charge < -0.3 is 19.2 Å². The molecule has 0 fully saturated rings. The third-order valence-corrected chi connectivity index (χ3v) is 5.33. The van der Waals surface area contributed by atoms with E-state index < -0.39 is 23.3 Å². The number of rotatable bonds is 8. The number of hydrogen-bond donors (Lipinski definition) is 1. The van der Waals surface area contributed by atoms with Gasteiger partial charge >= 0.3 is 5.97 Å². The molecule has 3 aromatic carbocycles. The van der Waals surface area contributed by atoms with Gasteiger partial charge in [0.2, 0.25) is 5.43 Å². The Morgan fingerprint density at radius 3 is 2.35 bits per heavy atom. The summed E-state index contributed by atoms with van der Waals surface area (Å²) in [4.78, 5) is 37.8. The molecule has 7 heteroatoms. The van der Waals surface area contributed by atoms with Crippen molar-refractivity contribution in [1.29, 1.82) is 0 Å². The van der Waals surface area contributed by atoms with Crippen LogP contribution in [-0.2, 0) is 22.6 Å².